The molecule has 12 heteroatoms. The van der Waals surface area contributed by atoms with Crippen molar-refractivity contribution in [1.29, 1.82) is 0 Å². The van der Waals surface area contributed by atoms with Crippen LogP contribution in [-0.4, -0.2) is 20.4 Å². The zero-order valence-corrected chi connectivity index (χ0v) is 15.2. The molecule has 1 radical (unpaired) electrons. The fourth-order valence-electron chi connectivity index (χ4n) is 0.483. The average molecular weight is 387 g/mol. The standard InChI is InChI=1S/2C2H3N3S2.Mn.Zn/c2*3-1-4-5-2(6)7-1;;/h2*(H2,3,4)(H,5,6);;. The quantitative estimate of drug-likeness (QED) is 0.404. The van der Waals surface area contributed by atoms with Crippen LogP contribution < -0.4 is 11.5 Å². The summed E-state index contributed by atoms with van der Waals surface area (Å²) in [6, 6.07) is 0. The van der Waals surface area contributed by atoms with Crippen LogP contribution >= 0.6 is 47.1 Å². The van der Waals surface area contributed by atoms with E-state index in [4.69, 9.17) is 11.5 Å². The number of H-pyrrole nitrogens is 2. The maximum Gasteiger partial charge on any atom is 0.201 e. The van der Waals surface area contributed by atoms with E-state index in [1.165, 1.54) is 22.7 Å². The van der Waals surface area contributed by atoms with E-state index < -0.39 is 0 Å². The van der Waals surface area contributed by atoms with E-state index in [1.807, 2.05) is 0 Å². The van der Waals surface area contributed by atoms with E-state index in [1.54, 1.807) is 0 Å². The van der Waals surface area contributed by atoms with E-state index in [-0.39, 0.29) is 36.5 Å². The Morgan fingerprint density at radius 2 is 1.25 bits per heavy atom. The molecule has 85 valence electrons. The summed E-state index contributed by atoms with van der Waals surface area (Å²) in [4.78, 5) is 0. The Kier molecular flexibility index (Phi) is 10.9. The maximum atomic E-state index is 5.19. The molecule has 0 aliphatic rings. The van der Waals surface area contributed by atoms with E-state index in [2.05, 4.69) is 44.8 Å². The Bertz CT molecular complexity index is 454. The van der Waals surface area contributed by atoms with E-state index in [9.17, 15) is 0 Å². The van der Waals surface area contributed by atoms with Gasteiger partial charge in [-0.2, -0.15) is 0 Å². The van der Waals surface area contributed by atoms with Crippen LogP contribution in [0.15, 0.2) is 0 Å². The first-order valence-corrected chi connectivity index (χ1v) is 5.65. The van der Waals surface area contributed by atoms with Crippen LogP contribution in [0.3, 0.4) is 0 Å². The van der Waals surface area contributed by atoms with E-state index >= 15 is 0 Å². The minimum absolute atomic E-state index is 0. The summed E-state index contributed by atoms with van der Waals surface area (Å²) < 4.78 is 1.25. The van der Waals surface area contributed by atoms with Crippen LogP contribution in [0.4, 0.5) is 10.3 Å². The zero-order valence-electron chi connectivity index (χ0n) is 7.77. The van der Waals surface area contributed by atoms with Gasteiger partial charge in [-0.25, -0.2) is 0 Å². The van der Waals surface area contributed by atoms with Gasteiger partial charge < -0.3 is 11.5 Å². The third-order valence-corrected chi connectivity index (χ3v) is 2.75. The van der Waals surface area contributed by atoms with Crippen LogP contribution in [0.1, 0.15) is 0 Å². The largest absolute Gasteiger partial charge is 0.374 e. The van der Waals surface area contributed by atoms with Gasteiger partial charge in [0.1, 0.15) is 0 Å². The topological polar surface area (TPSA) is 109 Å². The van der Waals surface area contributed by atoms with Crippen LogP contribution in [-0.2, 0) is 36.5 Å². The molecule has 0 aliphatic heterocycles. The molecule has 0 saturated carbocycles. The molecule has 0 spiro atoms. The predicted molar refractivity (Wildman–Crippen MR) is 63.4 cm³/mol. The summed E-state index contributed by atoms with van der Waals surface area (Å²) in [7, 11) is 0. The van der Waals surface area contributed by atoms with Gasteiger partial charge in [-0.1, -0.05) is 22.7 Å². The van der Waals surface area contributed by atoms with Crippen molar-refractivity contribution in [3.8, 4) is 0 Å². The Balaban J connectivity index is 0. The van der Waals surface area contributed by atoms with Crippen LogP contribution in [0.25, 0.3) is 0 Å². The molecular weight excluding hydrogens is 381 g/mol. The number of nitrogen functional groups attached to an aromatic ring is 2. The second-order valence-corrected chi connectivity index (χ2v) is 5.30. The number of hydrogen-bond donors (Lipinski definition) is 4. The molecule has 16 heavy (non-hydrogen) atoms. The summed E-state index contributed by atoms with van der Waals surface area (Å²) in [6.07, 6.45) is 0. The minimum atomic E-state index is 0. The van der Waals surface area contributed by atoms with E-state index in [0.29, 0.717) is 18.2 Å². The molecule has 0 fully saturated rings. The molecule has 2 aromatic heterocycles. The SMILES string of the molecule is Nc1n[nH]c(=S)s1.Nc1n[nH]c(=S)s1.[Mn].[Zn]. The first-order chi connectivity index (χ1) is 6.58. The van der Waals surface area contributed by atoms with Gasteiger partial charge in [0.05, 0.1) is 0 Å². The number of nitrogens with zero attached hydrogens (tertiary/aromatic N) is 2. The Labute approximate surface area is 132 Å². The van der Waals surface area contributed by atoms with Crippen molar-refractivity contribution >= 4 is 57.4 Å². The van der Waals surface area contributed by atoms with Crippen molar-refractivity contribution in [2.75, 3.05) is 11.5 Å². The van der Waals surface area contributed by atoms with Crippen molar-refractivity contribution in [2.45, 2.75) is 0 Å². The number of nitrogens with two attached hydrogens (primary N) is 2. The fourth-order valence-corrected chi connectivity index (χ4v) is 1.83. The third-order valence-electron chi connectivity index (χ3n) is 0.909. The summed E-state index contributed by atoms with van der Waals surface area (Å²) in [5.41, 5.74) is 10.4. The molecule has 6 N–H and O–H groups in total. The normalized spacial score (nSPS) is 8.00. The summed E-state index contributed by atoms with van der Waals surface area (Å²) in [5.74, 6) is 0. The number of aromatic amines is 2. The minimum Gasteiger partial charge on any atom is -0.374 e. The average Bonchev–Trinajstić information content (AvgIpc) is 2.63. The third kappa shape index (κ3) is 7.56. The Morgan fingerprint density at radius 3 is 1.31 bits per heavy atom. The first kappa shape index (κ1) is 18.7. The van der Waals surface area contributed by atoms with Crippen LogP contribution in [0.2, 0.25) is 0 Å². The molecule has 0 atom stereocenters. The van der Waals surface area contributed by atoms with Gasteiger partial charge in [-0.15, -0.1) is 10.2 Å². The molecule has 2 heterocycles. The van der Waals surface area contributed by atoms with Crippen molar-refractivity contribution in [1.82, 2.24) is 20.4 Å². The van der Waals surface area contributed by atoms with Crippen LogP contribution in [0, 0.1) is 7.91 Å². The first-order valence-electron chi connectivity index (χ1n) is 3.20. The zero-order chi connectivity index (χ0) is 10.6. The number of aromatic nitrogens is 4. The summed E-state index contributed by atoms with van der Waals surface area (Å²) in [6.45, 7) is 0. The predicted octanol–water partition coefficient (Wildman–Crippen LogP) is 1.56. The molecule has 0 aromatic carbocycles. The van der Waals surface area contributed by atoms with Crippen molar-refractivity contribution < 1.29 is 36.5 Å². The number of nitrogens with one attached hydrogen (secondary N) is 2. The summed E-state index contributed by atoms with van der Waals surface area (Å²) in [5, 5.41) is 13.2. The molecular formula is C4H6MnN6S4Zn. The van der Waals surface area contributed by atoms with Gasteiger partial charge in [0, 0.05) is 36.5 Å². The fraction of sp³-hybridized carbons (Fsp3) is 0. The number of rotatable bonds is 0. The molecule has 0 bridgehead atoms. The maximum absolute atomic E-state index is 5.19. The second-order valence-electron chi connectivity index (χ2n) is 1.90. The monoisotopic (exact) mass is 385 g/mol. The van der Waals surface area contributed by atoms with Crippen molar-refractivity contribution in [2.24, 2.45) is 0 Å². The number of anilines is 2. The number of hydrogen-bond acceptors (Lipinski definition) is 8. The molecule has 6 nitrogen and oxygen atoms in total. The Morgan fingerprint density at radius 1 is 0.938 bits per heavy atom. The van der Waals surface area contributed by atoms with Gasteiger partial charge in [0.2, 0.25) is 10.3 Å². The van der Waals surface area contributed by atoms with E-state index in [0.717, 1.165) is 0 Å². The Hall–Kier alpha value is 0.303. The van der Waals surface area contributed by atoms with Gasteiger partial charge in [0.25, 0.3) is 0 Å². The molecule has 2 rings (SSSR count). The van der Waals surface area contributed by atoms with Gasteiger partial charge >= 0.3 is 0 Å². The molecule has 0 aliphatic carbocycles. The molecule has 0 unspecified atom stereocenters. The second kappa shape index (κ2) is 9.35. The molecule has 0 amide bonds. The van der Waals surface area contributed by atoms with Crippen molar-refractivity contribution in [3.05, 3.63) is 7.91 Å². The molecule has 2 aromatic rings. The summed E-state index contributed by atoms with van der Waals surface area (Å²) >= 11 is 11.8. The van der Waals surface area contributed by atoms with Gasteiger partial charge in [-0.3, -0.25) is 10.2 Å². The van der Waals surface area contributed by atoms with Crippen molar-refractivity contribution in [3.63, 3.8) is 0 Å². The van der Waals surface area contributed by atoms with Crippen LogP contribution in [0.5, 0.6) is 0 Å². The van der Waals surface area contributed by atoms with Gasteiger partial charge in [-0.05, 0) is 24.4 Å². The molecule has 0 saturated heterocycles. The van der Waals surface area contributed by atoms with Gasteiger partial charge in [0.15, 0.2) is 7.91 Å². The smallest absolute Gasteiger partial charge is 0.201 e.